The normalized spacial score (nSPS) is 10.2. The molecule has 0 aliphatic heterocycles. The van der Waals surface area contributed by atoms with Crippen LogP contribution in [-0.2, 0) is 6.54 Å². The molecule has 4 heteroatoms. The van der Waals surface area contributed by atoms with Crippen LogP contribution in [0, 0.1) is 0 Å². The van der Waals surface area contributed by atoms with Crippen molar-refractivity contribution in [2.45, 2.75) is 13.5 Å². The standard InChI is InChI=1S/C9H14N2OS/c1-2-13-6-5-11-7-8(10)3-4-9(11)12/h3-4,7H,2,5-6,10H2,1H3. The minimum Gasteiger partial charge on any atom is -0.398 e. The average molecular weight is 198 g/mol. The van der Waals surface area contributed by atoms with Crippen LogP contribution in [0.2, 0.25) is 0 Å². The van der Waals surface area contributed by atoms with Crippen LogP contribution in [0.5, 0.6) is 0 Å². The van der Waals surface area contributed by atoms with E-state index in [4.69, 9.17) is 5.73 Å². The SMILES string of the molecule is CCSCCn1cc(N)ccc1=O. The Labute approximate surface area is 81.9 Å². The van der Waals surface area contributed by atoms with Crippen molar-refractivity contribution in [3.8, 4) is 0 Å². The first-order chi connectivity index (χ1) is 6.24. The summed E-state index contributed by atoms with van der Waals surface area (Å²) in [6.45, 7) is 2.84. The third-order valence-corrected chi connectivity index (χ3v) is 2.57. The number of hydrogen-bond acceptors (Lipinski definition) is 3. The van der Waals surface area contributed by atoms with Crippen LogP contribution in [-0.4, -0.2) is 16.1 Å². The van der Waals surface area contributed by atoms with Crippen molar-refractivity contribution >= 4 is 17.4 Å². The van der Waals surface area contributed by atoms with Gasteiger partial charge in [-0.1, -0.05) is 6.92 Å². The summed E-state index contributed by atoms with van der Waals surface area (Å²) in [6.07, 6.45) is 1.69. The van der Waals surface area contributed by atoms with Gasteiger partial charge in [-0.05, 0) is 11.8 Å². The van der Waals surface area contributed by atoms with Crippen LogP contribution in [0.3, 0.4) is 0 Å². The maximum Gasteiger partial charge on any atom is 0.250 e. The van der Waals surface area contributed by atoms with Crippen molar-refractivity contribution in [1.82, 2.24) is 4.57 Å². The fourth-order valence-corrected chi connectivity index (χ4v) is 1.65. The van der Waals surface area contributed by atoms with Crippen LogP contribution < -0.4 is 11.3 Å². The van der Waals surface area contributed by atoms with E-state index >= 15 is 0 Å². The summed E-state index contributed by atoms with van der Waals surface area (Å²) < 4.78 is 1.65. The first kappa shape index (κ1) is 10.2. The summed E-state index contributed by atoms with van der Waals surface area (Å²) in [5, 5.41) is 0. The molecule has 0 atom stereocenters. The number of nitrogens with zero attached hydrogens (tertiary/aromatic N) is 1. The quantitative estimate of drug-likeness (QED) is 0.739. The lowest BCUT2D eigenvalue weighted by atomic mass is 10.4. The fourth-order valence-electron chi connectivity index (χ4n) is 1.03. The highest BCUT2D eigenvalue weighted by Gasteiger charge is 1.95. The van der Waals surface area contributed by atoms with Crippen molar-refractivity contribution < 1.29 is 0 Å². The Morgan fingerprint density at radius 3 is 3.00 bits per heavy atom. The molecule has 0 aliphatic carbocycles. The third kappa shape index (κ3) is 3.14. The van der Waals surface area contributed by atoms with Crippen molar-refractivity contribution in [2.75, 3.05) is 17.2 Å². The van der Waals surface area contributed by atoms with Gasteiger partial charge in [0.25, 0.3) is 5.56 Å². The summed E-state index contributed by atoms with van der Waals surface area (Å²) in [5.74, 6) is 2.04. The monoisotopic (exact) mass is 198 g/mol. The second-order valence-corrected chi connectivity index (χ2v) is 4.08. The number of aromatic nitrogens is 1. The molecule has 0 aliphatic rings. The minimum atomic E-state index is 0.0194. The molecule has 72 valence electrons. The van der Waals surface area contributed by atoms with Crippen molar-refractivity contribution in [3.05, 3.63) is 28.7 Å². The van der Waals surface area contributed by atoms with Gasteiger partial charge in [-0.25, -0.2) is 0 Å². The number of hydrogen-bond donors (Lipinski definition) is 1. The average Bonchev–Trinajstić information content (AvgIpc) is 2.11. The Balaban J connectivity index is 2.65. The zero-order valence-corrected chi connectivity index (χ0v) is 8.51. The Morgan fingerprint density at radius 1 is 1.54 bits per heavy atom. The minimum absolute atomic E-state index is 0.0194. The van der Waals surface area contributed by atoms with E-state index in [9.17, 15) is 4.79 Å². The van der Waals surface area contributed by atoms with E-state index in [0.29, 0.717) is 5.69 Å². The molecule has 1 aromatic rings. The Morgan fingerprint density at radius 2 is 2.31 bits per heavy atom. The lowest BCUT2D eigenvalue weighted by Crippen LogP contribution is -2.19. The fraction of sp³-hybridized carbons (Fsp3) is 0.444. The molecule has 3 nitrogen and oxygen atoms in total. The van der Waals surface area contributed by atoms with Crippen LogP contribution in [0.15, 0.2) is 23.1 Å². The first-order valence-electron chi connectivity index (χ1n) is 4.27. The Bertz CT molecular complexity index is 322. The maximum atomic E-state index is 11.3. The molecule has 1 aromatic heterocycles. The number of pyridine rings is 1. The second kappa shape index (κ2) is 4.97. The van der Waals surface area contributed by atoms with Gasteiger partial charge in [-0.15, -0.1) is 0 Å². The van der Waals surface area contributed by atoms with Gasteiger partial charge in [0, 0.05) is 30.2 Å². The molecular formula is C9H14N2OS. The Hall–Kier alpha value is -0.900. The maximum absolute atomic E-state index is 11.3. The molecular weight excluding hydrogens is 184 g/mol. The molecule has 0 spiro atoms. The lowest BCUT2D eigenvalue weighted by molar-refractivity contribution is 0.737. The molecule has 0 radical (unpaired) electrons. The zero-order chi connectivity index (χ0) is 9.68. The summed E-state index contributed by atoms with van der Waals surface area (Å²) in [5.41, 5.74) is 6.22. The summed E-state index contributed by atoms with van der Waals surface area (Å²) in [6, 6.07) is 3.14. The molecule has 0 amide bonds. The molecule has 0 bridgehead atoms. The van der Waals surface area contributed by atoms with Crippen LogP contribution in [0.1, 0.15) is 6.92 Å². The molecule has 0 aromatic carbocycles. The largest absolute Gasteiger partial charge is 0.398 e. The third-order valence-electron chi connectivity index (χ3n) is 1.69. The Kier molecular flexibility index (Phi) is 3.89. The second-order valence-electron chi connectivity index (χ2n) is 2.69. The molecule has 2 N–H and O–H groups in total. The molecule has 0 saturated carbocycles. The topological polar surface area (TPSA) is 48.0 Å². The van der Waals surface area contributed by atoms with E-state index in [1.165, 1.54) is 6.07 Å². The van der Waals surface area contributed by atoms with E-state index < -0.39 is 0 Å². The summed E-state index contributed by atoms with van der Waals surface area (Å²) in [7, 11) is 0. The van der Waals surface area contributed by atoms with E-state index in [1.54, 1.807) is 16.8 Å². The highest BCUT2D eigenvalue weighted by Crippen LogP contribution is 2.01. The molecule has 13 heavy (non-hydrogen) atoms. The van der Waals surface area contributed by atoms with Gasteiger partial charge in [0.15, 0.2) is 0 Å². The highest BCUT2D eigenvalue weighted by molar-refractivity contribution is 7.99. The van der Waals surface area contributed by atoms with Gasteiger partial charge in [-0.2, -0.15) is 11.8 Å². The van der Waals surface area contributed by atoms with Crippen LogP contribution in [0.4, 0.5) is 5.69 Å². The van der Waals surface area contributed by atoms with E-state index in [0.717, 1.165) is 18.1 Å². The number of anilines is 1. The van der Waals surface area contributed by atoms with E-state index in [2.05, 4.69) is 6.92 Å². The van der Waals surface area contributed by atoms with Gasteiger partial charge >= 0.3 is 0 Å². The van der Waals surface area contributed by atoms with Gasteiger partial charge in [0.05, 0.1) is 0 Å². The van der Waals surface area contributed by atoms with Gasteiger partial charge in [0.1, 0.15) is 0 Å². The van der Waals surface area contributed by atoms with E-state index in [-0.39, 0.29) is 5.56 Å². The van der Waals surface area contributed by atoms with Gasteiger partial charge in [-0.3, -0.25) is 4.79 Å². The van der Waals surface area contributed by atoms with Crippen LogP contribution in [0.25, 0.3) is 0 Å². The van der Waals surface area contributed by atoms with Gasteiger partial charge < -0.3 is 10.3 Å². The smallest absolute Gasteiger partial charge is 0.250 e. The molecule has 1 heterocycles. The summed E-state index contributed by atoms with van der Waals surface area (Å²) >= 11 is 1.82. The van der Waals surface area contributed by atoms with Gasteiger partial charge in [0.2, 0.25) is 0 Å². The number of rotatable bonds is 4. The van der Waals surface area contributed by atoms with Crippen molar-refractivity contribution in [1.29, 1.82) is 0 Å². The lowest BCUT2D eigenvalue weighted by Gasteiger charge is -2.04. The number of nitrogen functional groups attached to an aromatic ring is 1. The van der Waals surface area contributed by atoms with E-state index in [1.807, 2.05) is 11.8 Å². The first-order valence-corrected chi connectivity index (χ1v) is 5.43. The molecule has 0 fully saturated rings. The number of nitrogens with two attached hydrogens (primary N) is 1. The van der Waals surface area contributed by atoms with Crippen molar-refractivity contribution in [3.63, 3.8) is 0 Å². The predicted octanol–water partition coefficient (Wildman–Crippen LogP) is 1.18. The molecule has 0 saturated heterocycles. The predicted molar refractivity (Wildman–Crippen MR) is 58.1 cm³/mol. The van der Waals surface area contributed by atoms with Crippen molar-refractivity contribution in [2.24, 2.45) is 0 Å². The summed E-state index contributed by atoms with van der Waals surface area (Å²) in [4.78, 5) is 11.3. The highest BCUT2D eigenvalue weighted by atomic mass is 32.2. The molecule has 0 unspecified atom stereocenters. The van der Waals surface area contributed by atoms with Crippen LogP contribution >= 0.6 is 11.8 Å². The number of aryl methyl sites for hydroxylation is 1. The molecule has 1 rings (SSSR count). The zero-order valence-electron chi connectivity index (χ0n) is 7.69. The number of thioether (sulfide) groups is 1.